The van der Waals surface area contributed by atoms with Crippen LogP contribution in [0.15, 0.2) is 36.5 Å². The molecule has 1 aromatic carbocycles. The van der Waals surface area contributed by atoms with E-state index in [1.54, 1.807) is 12.3 Å². The summed E-state index contributed by atoms with van der Waals surface area (Å²) in [5.74, 6) is -0.216. The molecule has 0 atom stereocenters. The van der Waals surface area contributed by atoms with Crippen molar-refractivity contribution >= 4 is 29.6 Å². The Bertz CT molecular complexity index is 479. The molecule has 2 aromatic rings. The third-order valence-electron chi connectivity index (χ3n) is 2.00. The van der Waals surface area contributed by atoms with Gasteiger partial charge in [-0.15, -0.1) is 0 Å². The number of nitrogens with one attached hydrogen (secondary N) is 1. The van der Waals surface area contributed by atoms with E-state index in [0.29, 0.717) is 5.56 Å². The topological polar surface area (TPSA) is 42.0 Å². The van der Waals surface area contributed by atoms with Crippen LogP contribution in [-0.2, 0) is 0 Å². The third kappa shape index (κ3) is 1.44. The molecule has 1 aromatic heterocycles. The van der Waals surface area contributed by atoms with E-state index in [0.717, 1.165) is 10.9 Å². The quantitative estimate of drug-likeness (QED) is 0.696. The van der Waals surface area contributed by atoms with Gasteiger partial charge in [0.25, 0.3) is 5.91 Å². The van der Waals surface area contributed by atoms with E-state index in [9.17, 15) is 4.79 Å². The first-order chi connectivity index (χ1) is 6.83. The summed E-state index contributed by atoms with van der Waals surface area (Å²) in [7, 11) is 0. The van der Waals surface area contributed by atoms with E-state index in [1.165, 1.54) is 0 Å². The minimum absolute atomic E-state index is 0.216. The Morgan fingerprint density at radius 3 is 2.86 bits per heavy atom. The fraction of sp³-hybridized carbons (Fsp3) is 0. The van der Waals surface area contributed by atoms with Crippen LogP contribution in [-0.4, -0.2) is 10.9 Å². The van der Waals surface area contributed by atoms with Gasteiger partial charge in [-0.3, -0.25) is 14.5 Å². The van der Waals surface area contributed by atoms with Crippen molar-refractivity contribution < 1.29 is 4.79 Å². The van der Waals surface area contributed by atoms with Crippen molar-refractivity contribution in [1.82, 2.24) is 9.71 Å². The molecule has 0 aliphatic rings. The molecule has 1 N–H and O–H groups in total. The van der Waals surface area contributed by atoms with E-state index in [1.807, 2.05) is 24.3 Å². The lowest BCUT2D eigenvalue weighted by Crippen LogP contribution is -2.13. The Morgan fingerprint density at radius 2 is 2.07 bits per heavy atom. The molecular weight excluding hydrogens is 196 g/mol. The van der Waals surface area contributed by atoms with Crippen molar-refractivity contribution in [1.29, 1.82) is 0 Å². The zero-order valence-corrected chi connectivity index (χ0v) is 8.16. The molecule has 0 saturated carbocycles. The summed E-state index contributed by atoms with van der Waals surface area (Å²) in [4.78, 5) is 15.6. The minimum atomic E-state index is -0.216. The molecule has 70 valence electrons. The first kappa shape index (κ1) is 9.02. The van der Waals surface area contributed by atoms with E-state index in [2.05, 4.69) is 22.5 Å². The highest BCUT2D eigenvalue weighted by molar-refractivity contribution is 7.78. The highest BCUT2D eigenvalue weighted by Crippen LogP contribution is 2.15. The van der Waals surface area contributed by atoms with E-state index in [-0.39, 0.29) is 5.91 Å². The number of hydrogen-bond acceptors (Lipinski definition) is 3. The smallest absolute Gasteiger partial charge is 0.261 e. The maximum absolute atomic E-state index is 11.4. The number of benzene rings is 1. The van der Waals surface area contributed by atoms with Crippen molar-refractivity contribution in [3.05, 3.63) is 42.1 Å². The van der Waals surface area contributed by atoms with Gasteiger partial charge in [-0.25, -0.2) is 0 Å². The maximum Gasteiger partial charge on any atom is 0.261 e. The molecule has 4 heteroatoms. The molecule has 0 saturated heterocycles. The Labute approximate surface area is 86.7 Å². The van der Waals surface area contributed by atoms with Gasteiger partial charge in [-0.05, 0) is 12.1 Å². The Morgan fingerprint density at radius 1 is 1.29 bits per heavy atom. The second kappa shape index (κ2) is 3.67. The summed E-state index contributed by atoms with van der Waals surface area (Å²) < 4.78 is 2.30. The molecule has 3 nitrogen and oxygen atoms in total. The van der Waals surface area contributed by atoms with E-state index < -0.39 is 0 Å². The number of thiol groups is 1. The Kier molecular flexibility index (Phi) is 2.37. The molecule has 0 aliphatic heterocycles. The van der Waals surface area contributed by atoms with Crippen molar-refractivity contribution in [2.24, 2.45) is 0 Å². The van der Waals surface area contributed by atoms with Crippen LogP contribution in [0.4, 0.5) is 0 Å². The zero-order chi connectivity index (χ0) is 9.97. The van der Waals surface area contributed by atoms with Crippen LogP contribution in [0.2, 0.25) is 0 Å². The summed E-state index contributed by atoms with van der Waals surface area (Å²) in [5, 5.41) is 0.835. The van der Waals surface area contributed by atoms with Crippen molar-refractivity contribution in [2.75, 3.05) is 0 Å². The van der Waals surface area contributed by atoms with Crippen molar-refractivity contribution in [3.8, 4) is 0 Å². The van der Waals surface area contributed by atoms with Crippen LogP contribution in [0.3, 0.4) is 0 Å². The molecular formula is C10H8N2OS. The molecule has 0 bridgehead atoms. The number of pyridine rings is 1. The molecule has 14 heavy (non-hydrogen) atoms. The first-order valence-electron chi connectivity index (χ1n) is 4.11. The fourth-order valence-electron chi connectivity index (χ4n) is 1.35. The van der Waals surface area contributed by atoms with Crippen LogP contribution in [0, 0.1) is 0 Å². The number of amides is 1. The predicted octanol–water partition coefficient (Wildman–Crippen LogP) is 1.81. The lowest BCUT2D eigenvalue weighted by Gasteiger charge is -2.02. The normalized spacial score (nSPS) is 10.1. The lowest BCUT2D eigenvalue weighted by molar-refractivity contribution is 0.0986. The van der Waals surface area contributed by atoms with Crippen LogP contribution in [0.1, 0.15) is 10.4 Å². The predicted molar refractivity (Wildman–Crippen MR) is 58.2 cm³/mol. The lowest BCUT2D eigenvalue weighted by atomic mass is 10.1. The van der Waals surface area contributed by atoms with E-state index in [4.69, 9.17) is 0 Å². The molecule has 0 radical (unpaired) electrons. The van der Waals surface area contributed by atoms with Gasteiger partial charge in [0.05, 0.1) is 11.1 Å². The summed E-state index contributed by atoms with van der Waals surface area (Å²) >= 11 is 3.73. The van der Waals surface area contributed by atoms with Crippen LogP contribution in [0.5, 0.6) is 0 Å². The average Bonchev–Trinajstić information content (AvgIpc) is 2.27. The standard InChI is InChI=1S/C10H8N2OS/c13-10(12-14)8-5-6-11-9-4-2-1-3-7(8)9/h1-6,14H,(H,12,13). The second-order valence-corrected chi connectivity index (χ2v) is 3.04. The maximum atomic E-state index is 11.4. The Balaban J connectivity index is 2.71. The molecule has 2 rings (SSSR count). The first-order valence-corrected chi connectivity index (χ1v) is 4.56. The molecule has 1 heterocycles. The molecule has 0 fully saturated rings. The van der Waals surface area contributed by atoms with Crippen molar-refractivity contribution in [2.45, 2.75) is 0 Å². The van der Waals surface area contributed by atoms with Gasteiger partial charge in [0.1, 0.15) is 0 Å². The van der Waals surface area contributed by atoms with Gasteiger partial charge >= 0.3 is 0 Å². The fourth-order valence-corrected chi connectivity index (χ4v) is 1.47. The molecule has 0 spiro atoms. The molecule has 1 amide bonds. The molecule has 0 unspecified atom stereocenters. The summed E-state index contributed by atoms with van der Waals surface area (Å²) in [6.07, 6.45) is 1.61. The number of hydrogen-bond donors (Lipinski definition) is 2. The summed E-state index contributed by atoms with van der Waals surface area (Å²) in [6, 6.07) is 9.16. The van der Waals surface area contributed by atoms with E-state index >= 15 is 0 Å². The zero-order valence-electron chi connectivity index (χ0n) is 7.27. The van der Waals surface area contributed by atoms with Gasteiger partial charge < -0.3 is 0 Å². The van der Waals surface area contributed by atoms with Gasteiger partial charge in [-0.1, -0.05) is 31.0 Å². The SMILES string of the molecule is O=C(NS)c1ccnc2ccccc12. The number of fused-ring (bicyclic) bond motifs is 1. The number of rotatable bonds is 1. The average molecular weight is 204 g/mol. The van der Waals surface area contributed by atoms with Gasteiger partial charge in [-0.2, -0.15) is 0 Å². The summed E-state index contributed by atoms with van der Waals surface area (Å²) in [5.41, 5.74) is 1.40. The highest BCUT2D eigenvalue weighted by atomic mass is 32.1. The van der Waals surface area contributed by atoms with Gasteiger partial charge in [0, 0.05) is 11.6 Å². The monoisotopic (exact) mass is 204 g/mol. The largest absolute Gasteiger partial charge is 0.299 e. The highest BCUT2D eigenvalue weighted by Gasteiger charge is 2.07. The molecule has 0 aliphatic carbocycles. The summed E-state index contributed by atoms with van der Waals surface area (Å²) in [6.45, 7) is 0. The van der Waals surface area contributed by atoms with Crippen molar-refractivity contribution in [3.63, 3.8) is 0 Å². The Hall–Kier alpha value is -1.55. The third-order valence-corrected chi connectivity index (χ3v) is 2.20. The van der Waals surface area contributed by atoms with Crippen LogP contribution < -0.4 is 4.72 Å². The number of para-hydroxylation sites is 1. The number of carbonyl (C=O) groups excluding carboxylic acids is 1. The second-order valence-electron chi connectivity index (χ2n) is 2.82. The number of aromatic nitrogens is 1. The van der Waals surface area contributed by atoms with Crippen LogP contribution in [0.25, 0.3) is 10.9 Å². The van der Waals surface area contributed by atoms with Gasteiger partial charge in [0.2, 0.25) is 0 Å². The number of nitrogens with zero attached hydrogens (tertiary/aromatic N) is 1. The number of carbonyl (C=O) groups is 1. The van der Waals surface area contributed by atoms with Gasteiger partial charge in [0.15, 0.2) is 0 Å². The van der Waals surface area contributed by atoms with Crippen LogP contribution >= 0.6 is 12.8 Å². The minimum Gasteiger partial charge on any atom is -0.299 e.